The first-order valence-corrected chi connectivity index (χ1v) is 8.88. The lowest BCUT2D eigenvalue weighted by atomic mass is 9.96. The molecule has 1 saturated carbocycles. The monoisotopic (exact) mass is 312 g/mol. The van der Waals surface area contributed by atoms with E-state index in [1.807, 2.05) is 12.1 Å². The molecule has 1 aliphatic rings. The Morgan fingerprint density at radius 3 is 2.29 bits per heavy atom. The van der Waals surface area contributed by atoms with Crippen LogP contribution in [-0.4, -0.2) is 30.9 Å². The molecule has 0 atom stereocenters. The SMILES string of the molecule is CN(C1CCCCC1)S(=O)(=O)NCc1ccc(CO)cc1. The van der Waals surface area contributed by atoms with Crippen LogP contribution >= 0.6 is 0 Å². The van der Waals surface area contributed by atoms with Crippen molar-refractivity contribution in [3.8, 4) is 0 Å². The van der Waals surface area contributed by atoms with Crippen molar-refractivity contribution in [1.29, 1.82) is 0 Å². The molecule has 118 valence electrons. The van der Waals surface area contributed by atoms with Crippen molar-refractivity contribution in [2.45, 2.75) is 51.3 Å². The van der Waals surface area contributed by atoms with Crippen molar-refractivity contribution in [3.63, 3.8) is 0 Å². The fraction of sp³-hybridized carbons (Fsp3) is 0.600. The molecule has 1 aliphatic carbocycles. The van der Waals surface area contributed by atoms with E-state index in [4.69, 9.17) is 5.11 Å². The summed E-state index contributed by atoms with van der Waals surface area (Å²) < 4.78 is 28.7. The van der Waals surface area contributed by atoms with Crippen molar-refractivity contribution in [2.24, 2.45) is 0 Å². The fourth-order valence-corrected chi connectivity index (χ4v) is 3.84. The summed E-state index contributed by atoms with van der Waals surface area (Å²) in [4.78, 5) is 0. The van der Waals surface area contributed by atoms with E-state index in [-0.39, 0.29) is 19.2 Å². The Labute approximate surface area is 127 Å². The molecule has 1 aromatic carbocycles. The topological polar surface area (TPSA) is 69.6 Å². The smallest absolute Gasteiger partial charge is 0.279 e. The molecule has 0 unspecified atom stereocenters. The minimum Gasteiger partial charge on any atom is -0.392 e. The number of aliphatic hydroxyl groups excluding tert-OH is 1. The van der Waals surface area contributed by atoms with Gasteiger partial charge in [0, 0.05) is 19.6 Å². The lowest BCUT2D eigenvalue weighted by Crippen LogP contribution is -2.44. The summed E-state index contributed by atoms with van der Waals surface area (Å²) in [6.45, 7) is 0.265. The first-order chi connectivity index (χ1) is 10.0. The van der Waals surface area contributed by atoms with E-state index in [1.54, 1.807) is 19.2 Å². The zero-order chi connectivity index (χ0) is 15.3. The number of hydrogen-bond donors (Lipinski definition) is 2. The maximum absolute atomic E-state index is 12.3. The zero-order valence-electron chi connectivity index (χ0n) is 12.5. The number of benzene rings is 1. The molecule has 6 heteroatoms. The number of hydrogen-bond acceptors (Lipinski definition) is 3. The molecule has 2 N–H and O–H groups in total. The van der Waals surface area contributed by atoms with Gasteiger partial charge in [-0.05, 0) is 24.0 Å². The quantitative estimate of drug-likeness (QED) is 0.841. The van der Waals surface area contributed by atoms with Crippen LogP contribution in [0.1, 0.15) is 43.2 Å². The molecule has 0 heterocycles. The number of rotatable bonds is 6. The Balaban J connectivity index is 1.93. The van der Waals surface area contributed by atoms with Crippen LogP contribution in [0.15, 0.2) is 24.3 Å². The van der Waals surface area contributed by atoms with E-state index in [9.17, 15) is 8.42 Å². The molecule has 5 nitrogen and oxygen atoms in total. The van der Waals surface area contributed by atoms with E-state index < -0.39 is 10.2 Å². The second-order valence-electron chi connectivity index (χ2n) is 5.61. The van der Waals surface area contributed by atoms with Crippen molar-refractivity contribution in [1.82, 2.24) is 9.03 Å². The number of nitrogens with one attached hydrogen (secondary N) is 1. The third kappa shape index (κ3) is 4.51. The van der Waals surface area contributed by atoms with Crippen LogP contribution in [0.25, 0.3) is 0 Å². The Morgan fingerprint density at radius 2 is 1.71 bits per heavy atom. The van der Waals surface area contributed by atoms with Gasteiger partial charge in [0.2, 0.25) is 0 Å². The standard InChI is InChI=1S/C15H24N2O3S/c1-17(15-5-3-2-4-6-15)21(19,20)16-11-13-7-9-14(12-18)10-8-13/h7-10,15-16,18H,2-6,11-12H2,1H3. The van der Waals surface area contributed by atoms with Crippen LogP contribution in [0.5, 0.6) is 0 Å². The lowest BCUT2D eigenvalue weighted by Gasteiger charge is -2.30. The minimum atomic E-state index is -3.44. The van der Waals surface area contributed by atoms with Crippen LogP contribution in [0, 0.1) is 0 Å². The Bertz CT molecular complexity index is 537. The minimum absolute atomic E-state index is 0.00355. The summed E-state index contributed by atoms with van der Waals surface area (Å²) in [5, 5.41) is 8.99. The normalized spacial score (nSPS) is 17.3. The molecule has 0 amide bonds. The molecule has 2 rings (SSSR count). The van der Waals surface area contributed by atoms with Gasteiger partial charge in [-0.3, -0.25) is 0 Å². The molecule has 1 aromatic rings. The van der Waals surface area contributed by atoms with Gasteiger partial charge in [0.15, 0.2) is 0 Å². The third-order valence-corrected chi connectivity index (χ3v) is 5.70. The van der Waals surface area contributed by atoms with E-state index in [1.165, 1.54) is 10.7 Å². The second kappa shape index (κ2) is 7.35. The van der Waals surface area contributed by atoms with Crippen molar-refractivity contribution in [2.75, 3.05) is 7.05 Å². The molecule has 0 radical (unpaired) electrons. The summed E-state index contributed by atoms with van der Waals surface area (Å²) in [5.74, 6) is 0. The highest BCUT2D eigenvalue weighted by atomic mass is 32.2. The highest BCUT2D eigenvalue weighted by molar-refractivity contribution is 7.87. The van der Waals surface area contributed by atoms with Gasteiger partial charge in [0.25, 0.3) is 10.2 Å². The fourth-order valence-electron chi connectivity index (χ4n) is 2.68. The zero-order valence-corrected chi connectivity index (χ0v) is 13.3. The first-order valence-electron chi connectivity index (χ1n) is 7.44. The Morgan fingerprint density at radius 1 is 1.14 bits per heavy atom. The Hall–Kier alpha value is -0.950. The van der Waals surface area contributed by atoms with Gasteiger partial charge < -0.3 is 5.11 Å². The van der Waals surface area contributed by atoms with Crippen molar-refractivity contribution in [3.05, 3.63) is 35.4 Å². The summed E-state index contributed by atoms with van der Waals surface area (Å²) in [6.07, 6.45) is 5.31. The largest absolute Gasteiger partial charge is 0.392 e. The summed E-state index contributed by atoms with van der Waals surface area (Å²) in [7, 11) is -1.78. The molecular weight excluding hydrogens is 288 g/mol. The Kier molecular flexibility index (Phi) is 5.75. The summed E-state index contributed by atoms with van der Waals surface area (Å²) >= 11 is 0. The number of nitrogens with zero attached hydrogens (tertiary/aromatic N) is 1. The predicted octanol–water partition coefficient (Wildman–Crippen LogP) is 1.78. The number of aliphatic hydroxyl groups is 1. The highest BCUT2D eigenvalue weighted by Crippen LogP contribution is 2.23. The van der Waals surface area contributed by atoms with Gasteiger partial charge in [0.05, 0.1) is 6.61 Å². The van der Waals surface area contributed by atoms with Gasteiger partial charge in [-0.2, -0.15) is 17.4 Å². The first kappa shape index (κ1) is 16.4. The van der Waals surface area contributed by atoms with Crippen LogP contribution in [0.2, 0.25) is 0 Å². The van der Waals surface area contributed by atoms with Crippen LogP contribution < -0.4 is 4.72 Å². The van der Waals surface area contributed by atoms with Gasteiger partial charge in [-0.1, -0.05) is 43.5 Å². The molecule has 0 aromatic heterocycles. The highest BCUT2D eigenvalue weighted by Gasteiger charge is 2.27. The average Bonchev–Trinajstić information content (AvgIpc) is 2.53. The van der Waals surface area contributed by atoms with E-state index in [0.717, 1.165) is 36.8 Å². The molecule has 0 aliphatic heterocycles. The van der Waals surface area contributed by atoms with E-state index in [2.05, 4.69) is 4.72 Å². The average molecular weight is 312 g/mol. The van der Waals surface area contributed by atoms with Gasteiger partial charge >= 0.3 is 0 Å². The van der Waals surface area contributed by atoms with Crippen molar-refractivity contribution < 1.29 is 13.5 Å². The molecule has 1 fully saturated rings. The van der Waals surface area contributed by atoms with Crippen LogP contribution in [0.4, 0.5) is 0 Å². The molecule has 0 saturated heterocycles. The van der Waals surface area contributed by atoms with Gasteiger partial charge in [0.1, 0.15) is 0 Å². The van der Waals surface area contributed by atoms with E-state index >= 15 is 0 Å². The molecule has 0 bridgehead atoms. The third-order valence-electron chi connectivity index (χ3n) is 4.13. The maximum Gasteiger partial charge on any atom is 0.279 e. The molecule has 21 heavy (non-hydrogen) atoms. The lowest BCUT2D eigenvalue weighted by molar-refractivity contribution is 0.281. The van der Waals surface area contributed by atoms with Crippen LogP contribution in [0.3, 0.4) is 0 Å². The van der Waals surface area contributed by atoms with E-state index in [0.29, 0.717) is 0 Å². The summed E-state index contributed by atoms with van der Waals surface area (Å²) in [6, 6.07) is 7.37. The summed E-state index contributed by atoms with van der Waals surface area (Å²) in [5.41, 5.74) is 1.70. The molecule has 0 spiro atoms. The predicted molar refractivity (Wildman–Crippen MR) is 82.8 cm³/mol. The van der Waals surface area contributed by atoms with Gasteiger partial charge in [-0.15, -0.1) is 0 Å². The van der Waals surface area contributed by atoms with Crippen LogP contribution in [-0.2, 0) is 23.4 Å². The van der Waals surface area contributed by atoms with Crippen molar-refractivity contribution >= 4 is 10.2 Å². The maximum atomic E-state index is 12.3. The molecular formula is C15H24N2O3S. The second-order valence-corrected chi connectivity index (χ2v) is 7.42. The van der Waals surface area contributed by atoms with Gasteiger partial charge in [-0.25, -0.2) is 0 Å².